The number of hydrogen-bond acceptors (Lipinski definition) is 1. The Morgan fingerprint density at radius 2 is 1.29 bits per heavy atom. The molecule has 0 heterocycles. The van der Waals surface area contributed by atoms with Gasteiger partial charge in [-0.1, -0.05) is 115 Å². The summed E-state index contributed by atoms with van der Waals surface area (Å²) in [4.78, 5) is 0. The highest BCUT2D eigenvalue weighted by Gasteiger charge is 2.20. The molecule has 3 rings (SSSR count). The van der Waals surface area contributed by atoms with Crippen molar-refractivity contribution in [1.29, 1.82) is 0 Å². The zero-order valence-electron chi connectivity index (χ0n) is 22.6. The van der Waals surface area contributed by atoms with Crippen LogP contribution in [0.15, 0.2) is 36.4 Å². The molecular formula is C33H54O. The third kappa shape index (κ3) is 10.6. The van der Waals surface area contributed by atoms with E-state index in [4.69, 9.17) is 4.74 Å². The number of ether oxygens (including phenoxy) is 1. The minimum absolute atomic E-state index is 0.706. The van der Waals surface area contributed by atoms with Crippen molar-refractivity contribution in [3.63, 3.8) is 0 Å². The number of aryl methyl sites for hydroxylation is 1. The fraction of sp³-hybridized carbons (Fsp3) is 0.758. The van der Waals surface area contributed by atoms with Crippen LogP contribution in [-0.4, -0.2) is 6.61 Å². The summed E-state index contributed by atoms with van der Waals surface area (Å²) in [7, 11) is 0. The van der Waals surface area contributed by atoms with Crippen LogP contribution in [0.1, 0.15) is 129 Å². The highest BCUT2D eigenvalue weighted by Crippen LogP contribution is 2.34. The van der Waals surface area contributed by atoms with Gasteiger partial charge in [0.1, 0.15) is 12.4 Å². The topological polar surface area (TPSA) is 9.23 Å². The zero-order valence-corrected chi connectivity index (χ0v) is 22.6. The summed E-state index contributed by atoms with van der Waals surface area (Å²) in [5.41, 5.74) is 1.47. The summed E-state index contributed by atoms with van der Waals surface area (Å²) < 4.78 is 6.00. The first-order valence-corrected chi connectivity index (χ1v) is 15.1. The maximum Gasteiger partial charge on any atom is 0.119 e. The maximum absolute atomic E-state index is 6.00. The molecule has 1 aromatic rings. The molecule has 0 aromatic heterocycles. The highest BCUT2D eigenvalue weighted by atomic mass is 16.5. The van der Waals surface area contributed by atoms with Crippen molar-refractivity contribution in [2.75, 3.05) is 6.61 Å². The van der Waals surface area contributed by atoms with Crippen LogP contribution in [0.4, 0.5) is 0 Å². The second-order valence-corrected chi connectivity index (χ2v) is 11.6. The van der Waals surface area contributed by atoms with Crippen LogP contribution in [0, 0.1) is 23.7 Å². The number of allylic oxidation sites excluding steroid dienone is 1. The molecule has 1 nitrogen and oxygen atoms in total. The van der Waals surface area contributed by atoms with E-state index in [-0.39, 0.29) is 0 Å². The Bertz CT molecular complexity index is 644. The number of unbranched alkanes of at least 4 members (excludes halogenated alkanes) is 4. The molecule has 34 heavy (non-hydrogen) atoms. The molecule has 0 radical (unpaired) electrons. The van der Waals surface area contributed by atoms with Gasteiger partial charge in [0, 0.05) is 0 Å². The number of rotatable bonds is 15. The second kappa shape index (κ2) is 16.4. The van der Waals surface area contributed by atoms with Gasteiger partial charge in [-0.05, 0) is 79.9 Å². The molecule has 2 fully saturated rings. The maximum atomic E-state index is 6.00. The van der Waals surface area contributed by atoms with Crippen LogP contribution >= 0.6 is 0 Å². The summed E-state index contributed by atoms with van der Waals surface area (Å²) in [5.74, 6) is 4.76. The van der Waals surface area contributed by atoms with Gasteiger partial charge in [-0.25, -0.2) is 0 Å². The smallest absolute Gasteiger partial charge is 0.119 e. The van der Waals surface area contributed by atoms with E-state index < -0.39 is 0 Å². The molecule has 0 unspecified atom stereocenters. The molecule has 192 valence electrons. The minimum atomic E-state index is 0.706. The van der Waals surface area contributed by atoms with E-state index in [1.807, 2.05) is 0 Å². The molecule has 0 bridgehead atoms. The molecule has 0 atom stereocenters. The molecule has 2 saturated carbocycles. The normalized spacial score (nSPS) is 25.6. The second-order valence-electron chi connectivity index (χ2n) is 11.6. The average molecular weight is 467 g/mol. The largest absolute Gasteiger partial charge is 0.490 e. The fourth-order valence-corrected chi connectivity index (χ4v) is 6.44. The molecule has 0 amide bonds. The Hall–Kier alpha value is -1.24. The van der Waals surface area contributed by atoms with Crippen LogP contribution in [0.3, 0.4) is 0 Å². The van der Waals surface area contributed by atoms with E-state index >= 15 is 0 Å². The van der Waals surface area contributed by atoms with E-state index in [1.165, 1.54) is 121 Å². The standard InChI is InChI=1S/C33H54O/c1-3-5-6-7-8-11-29-15-17-30(18-16-29)12-9-27-34-33-25-23-32(24-26-33)22-21-31-19-13-28(10-4-2)14-20-31/h9,12,23-26,28-31H,3-8,10-11,13-22,27H2,1-2H3/b12-9+/t28-,29-,30-,31-. The van der Waals surface area contributed by atoms with E-state index in [9.17, 15) is 0 Å². The summed E-state index contributed by atoms with van der Waals surface area (Å²) in [6.07, 6.45) is 30.2. The Kier molecular flexibility index (Phi) is 13.2. The lowest BCUT2D eigenvalue weighted by Crippen LogP contribution is -2.15. The van der Waals surface area contributed by atoms with Crippen LogP contribution in [-0.2, 0) is 6.42 Å². The van der Waals surface area contributed by atoms with Gasteiger partial charge in [0.15, 0.2) is 0 Å². The summed E-state index contributed by atoms with van der Waals surface area (Å²) in [6.45, 7) is 5.34. The Balaban J connectivity index is 1.24. The highest BCUT2D eigenvalue weighted by molar-refractivity contribution is 5.27. The van der Waals surface area contributed by atoms with Gasteiger partial charge in [-0.15, -0.1) is 0 Å². The van der Waals surface area contributed by atoms with Crippen molar-refractivity contribution < 1.29 is 4.74 Å². The van der Waals surface area contributed by atoms with E-state index in [0.29, 0.717) is 6.61 Å². The van der Waals surface area contributed by atoms with Gasteiger partial charge in [0.25, 0.3) is 0 Å². The third-order valence-corrected chi connectivity index (χ3v) is 8.79. The molecular weight excluding hydrogens is 412 g/mol. The van der Waals surface area contributed by atoms with Crippen molar-refractivity contribution in [3.8, 4) is 5.75 Å². The molecule has 0 aliphatic heterocycles. The van der Waals surface area contributed by atoms with Crippen molar-refractivity contribution in [3.05, 3.63) is 42.0 Å². The fourth-order valence-electron chi connectivity index (χ4n) is 6.44. The van der Waals surface area contributed by atoms with Gasteiger partial charge >= 0.3 is 0 Å². The summed E-state index contributed by atoms with van der Waals surface area (Å²) >= 11 is 0. The molecule has 2 aliphatic carbocycles. The van der Waals surface area contributed by atoms with Crippen molar-refractivity contribution in [2.45, 2.75) is 129 Å². The van der Waals surface area contributed by atoms with E-state index in [0.717, 1.165) is 29.4 Å². The van der Waals surface area contributed by atoms with Gasteiger partial charge in [-0.3, -0.25) is 0 Å². The minimum Gasteiger partial charge on any atom is -0.490 e. The predicted octanol–water partition coefficient (Wildman–Crippen LogP) is 10.3. The first-order chi connectivity index (χ1) is 16.8. The summed E-state index contributed by atoms with van der Waals surface area (Å²) in [6, 6.07) is 8.91. The molecule has 0 saturated heterocycles. The molecule has 1 aromatic carbocycles. The van der Waals surface area contributed by atoms with Crippen molar-refractivity contribution in [1.82, 2.24) is 0 Å². The first-order valence-electron chi connectivity index (χ1n) is 15.1. The van der Waals surface area contributed by atoms with Crippen LogP contribution in [0.5, 0.6) is 5.75 Å². The van der Waals surface area contributed by atoms with Gasteiger partial charge in [0.05, 0.1) is 0 Å². The Morgan fingerprint density at radius 1 is 0.676 bits per heavy atom. The van der Waals surface area contributed by atoms with Crippen molar-refractivity contribution in [2.24, 2.45) is 23.7 Å². The monoisotopic (exact) mass is 466 g/mol. The molecule has 2 aliphatic rings. The van der Waals surface area contributed by atoms with Crippen LogP contribution in [0.25, 0.3) is 0 Å². The molecule has 0 N–H and O–H groups in total. The lowest BCUT2D eigenvalue weighted by Gasteiger charge is -2.28. The quantitative estimate of drug-likeness (QED) is 0.184. The van der Waals surface area contributed by atoms with Crippen LogP contribution < -0.4 is 4.74 Å². The average Bonchev–Trinajstić information content (AvgIpc) is 2.88. The lowest BCUT2D eigenvalue weighted by atomic mass is 9.78. The predicted molar refractivity (Wildman–Crippen MR) is 149 cm³/mol. The van der Waals surface area contributed by atoms with E-state index in [1.54, 1.807) is 0 Å². The number of benzene rings is 1. The molecule has 0 spiro atoms. The SMILES string of the molecule is CCCCCCC[C@H]1CC[C@H](/C=C/COc2ccc(CC[C@H]3CC[C@H](CCC)CC3)cc2)CC1. The molecule has 1 heteroatoms. The Labute approximate surface area is 212 Å². The van der Waals surface area contributed by atoms with Crippen LogP contribution in [0.2, 0.25) is 0 Å². The summed E-state index contributed by atoms with van der Waals surface area (Å²) in [5, 5.41) is 0. The lowest BCUT2D eigenvalue weighted by molar-refractivity contribution is 0.252. The van der Waals surface area contributed by atoms with Crippen molar-refractivity contribution >= 4 is 0 Å². The van der Waals surface area contributed by atoms with E-state index in [2.05, 4.69) is 50.3 Å². The van der Waals surface area contributed by atoms with Gasteiger partial charge in [0.2, 0.25) is 0 Å². The Morgan fingerprint density at radius 3 is 1.97 bits per heavy atom. The third-order valence-electron chi connectivity index (χ3n) is 8.79. The van der Waals surface area contributed by atoms with Gasteiger partial charge in [-0.2, -0.15) is 0 Å². The zero-order chi connectivity index (χ0) is 23.8. The number of hydrogen-bond donors (Lipinski definition) is 0. The van der Waals surface area contributed by atoms with Gasteiger partial charge < -0.3 is 4.74 Å². The first kappa shape index (κ1) is 27.3.